The van der Waals surface area contributed by atoms with E-state index in [1.165, 1.54) is 5.56 Å². The number of carbonyl (C=O) groups is 1. The second-order valence-electron chi connectivity index (χ2n) is 4.82. The summed E-state index contributed by atoms with van der Waals surface area (Å²) in [6.07, 6.45) is 0.345. The van der Waals surface area contributed by atoms with E-state index in [1.807, 2.05) is 44.2 Å². The Labute approximate surface area is 109 Å². The highest BCUT2D eigenvalue weighted by atomic mass is 16.5. The monoisotopic (exact) mass is 250 g/mol. The number of rotatable bonds is 6. The molecule has 0 saturated heterocycles. The fourth-order valence-corrected chi connectivity index (χ4v) is 1.50. The van der Waals surface area contributed by atoms with Crippen LogP contribution in [0.5, 0.6) is 0 Å². The molecule has 0 radical (unpaired) electrons. The molecule has 18 heavy (non-hydrogen) atoms. The van der Waals surface area contributed by atoms with Gasteiger partial charge < -0.3 is 15.8 Å². The Morgan fingerprint density at radius 3 is 2.61 bits per heavy atom. The summed E-state index contributed by atoms with van der Waals surface area (Å²) in [7, 11) is 0. The van der Waals surface area contributed by atoms with Crippen molar-refractivity contribution in [2.75, 3.05) is 13.2 Å². The fourth-order valence-electron chi connectivity index (χ4n) is 1.50. The van der Waals surface area contributed by atoms with Gasteiger partial charge in [0.05, 0.1) is 6.61 Å². The summed E-state index contributed by atoms with van der Waals surface area (Å²) in [5.74, 6) is 0.341. The summed E-state index contributed by atoms with van der Waals surface area (Å²) in [5, 5.41) is 2.67. The summed E-state index contributed by atoms with van der Waals surface area (Å²) >= 11 is 0. The van der Waals surface area contributed by atoms with E-state index in [2.05, 4.69) is 5.32 Å². The zero-order valence-electron chi connectivity index (χ0n) is 11.1. The third-order valence-corrected chi connectivity index (χ3v) is 2.40. The quantitative estimate of drug-likeness (QED) is 0.811. The van der Waals surface area contributed by atoms with Gasteiger partial charge in [-0.25, -0.2) is 4.79 Å². The Morgan fingerprint density at radius 2 is 2.00 bits per heavy atom. The van der Waals surface area contributed by atoms with Gasteiger partial charge in [-0.15, -0.1) is 0 Å². The van der Waals surface area contributed by atoms with Crippen molar-refractivity contribution in [1.29, 1.82) is 0 Å². The number of hydrogen-bond acceptors (Lipinski definition) is 3. The Kier molecular flexibility index (Phi) is 6.22. The predicted molar refractivity (Wildman–Crippen MR) is 72.3 cm³/mol. The van der Waals surface area contributed by atoms with E-state index in [4.69, 9.17) is 10.5 Å². The van der Waals surface area contributed by atoms with Gasteiger partial charge in [0, 0.05) is 12.6 Å². The van der Waals surface area contributed by atoms with Crippen molar-refractivity contribution >= 4 is 6.09 Å². The van der Waals surface area contributed by atoms with Gasteiger partial charge in [-0.3, -0.25) is 0 Å². The van der Waals surface area contributed by atoms with Crippen molar-refractivity contribution in [2.24, 2.45) is 11.7 Å². The van der Waals surface area contributed by atoms with Crippen LogP contribution in [0.4, 0.5) is 4.79 Å². The first-order valence-corrected chi connectivity index (χ1v) is 6.28. The van der Waals surface area contributed by atoms with Crippen molar-refractivity contribution in [2.45, 2.75) is 26.3 Å². The molecule has 0 bridgehead atoms. The minimum absolute atomic E-state index is 0.0981. The predicted octanol–water partition coefficient (Wildman–Crippen LogP) is 1.94. The van der Waals surface area contributed by atoms with E-state index in [9.17, 15) is 4.79 Å². The second kappa shape index (κ2) is 7.71. The van der Waals surface area contributed by atoms with Crippen molar-refractivity contribution in [1.82, 2.24) is 5.32 Å². The molecule has 1 aromatic rings. The van der Waals surface area contributed by atoms with Crippen LogP contribution in [0.2, 0.25) is 0 Å². The van der Waals surface area contributed by atoms with E-state index in [-0.39, 0.29) is 6.04 Å². The van der Waals surface area contributed by atoms with Crippen LogP contribution in [0.25, 0.3) is 0 Å². The number of amides is 1. The van der Waals surface area contributed by atoms with Crippen LogP contribution >= 0.6 is 0 Å². The number of ether oxygens (including phenoxy) is 1. The highest BCUT2D eigenvalue weighted by Gasteiger charge is 2.08. The molecule has 0 aliphatic heterocycles. The molecule has 100 valence electrons. The molecule has 0 aromatic heterocycles. The van der Waals surface area contributed by atoms with Crippen molar-refractivity contribution in [3.63, 3.8) is 0 Å². The van der Waals surface area contributed by atoms with Crippen LogP contribution in [0.1, 0.15) is 19.4 Å². The van der Waals surface area contributed by atoms with Gasteiger partial charge in [0.1, 0.15) is 0 Å². The lowest BCUT2D eigenvalue weighted by Crippen LogP contribution is -2.39. The molecular formula is C14H22N2O2. The van der Waals surface area contributed by atoms with Gasteiger partial charge in [-0.1, -0.05) is 44.2 Å². The summed E-state index contributed by atoms with van der Waals surface area (Å²) in [6.45, 7) is 4.84. The lowest BCUT2D eigenvalue weighted by molar-refractivity contribution is 0.132. The summed E-state index contributed by atoms with van der Waals surface area (Å²) in [6, 6.07) is 9.88. The number of benzene rings is 1. The minimum atomic E-state index is -0.396. The molecule has 1 rings (SSSR count). The summed E-state index contributed by atoms with van der Waals surface area (Å²) in [4.78, 5) is 11.3. The maximum absolute atomic E-state index is 11.3. The normalized spacial score (nSPS) is 12.2. The fraction of sp³-hybridized carbons (Fsp3) is 0.500. The average Bonchev–Trinajstić information content (AvgIpc) is 2.35. The lowest BCUT2D eigenvalue weighted by atomic mass is 10.1. The van der Waals surface area contributed by atoms with E-state index >= 15 is 0 Å². The van der Waals surface area contributed by atoms with Gasteiger partial charge in [0.15, 0.2) is 0 Å². The largest absolute Gasteiger partial charge is 0.449 e. The first kappa shape index (κ1) is 14.5. The van der Waals surface area contributed by atoms with E-state index in [0.717, 1.165) is 6.42 Å². The maximum atomic E-state index is 11.3. The Balaban J connectivity index is 2.21. The molecule has 1 amide bonds. The minimum Gasteiger partial charge on any atom is -0.449 e. The number of nitrogens with two attached hydrogens (primary N) is 1. The molecule has 1 aromatic carbocycles. The second-order valence-corrected chi connectivity index (χ2v) is 4.82. The maximum Gasteiger partial charge on any atom is 0.407 e. The smallest absolute Gasteiger partial charge is 0.407 e. The lowest BCUT2D eigenvalue weighted by Gasteiger charge is -2.13. The Bertz CT molecular complexity index is 352. The van der Waals surface area contributed by atoms with E-state index < -0.39 is 6.09 Å². The molecule has 4 nitrogen and oxygen atoms in total. The van der Waals surface area contributed by atoms with Gasteiger partial charge in [0.25, 0.3) is 0 Å². The number of carbonyl (C=O) groups excluding carboxylic acids is 1. The third kappa shape index (κ3) is 6.25. The molecule has 3 N–H and O–H groups in total. The van der Waals surface area contributed by atoms with Crippen LogP contribution in [0, 0.1) is 5.92 Å². The molecule has 0 aliphatic rings. The standard InChI is InChI=1S/C14H22N2O2/c1-11(2)10-18-14(17)16-9-13(15)8-12-6-4-3-5-7-12/h3-7,11,13H,8-10,15H2,1-2H3,(H,16,17). The molecule has 1 unspecified atom stereocenters. The highest BCUT2D eigenvalue weighted by Crippen LogP contribution is 2.01. The Hall–Kier alpha value is -1.55. The first-order valence-electron chi connectivity index (χ1n) is 6.28. The number of alkyl carbamates (subject to hydrolysis) is 1. The van der Waals surface area contributed by atoms with E-state index in [0.29, 0.717) is 19.1 Å². The number of nitrogens with one attached hydrogen (secondary N) is 1. The first-order chi connectivity index (χ1) is 8.58. The van der Waals surface area contributed by atoms with Crippen LogP contribution < -0.4 is 11.1 Å². The summed E-state index contributed by atoms with van der Waals surface area (Å²) in [5.41, 5.74) is 7.11. The van der Waals surface area contributed by atoms with Crippen LogP contribution in [-0.2, 0) is 11.2 Å². The van der Waals surface area contributed by atoms with Gasteiger partial charge >= 0.3 is 6.09 Å². The van der Waals surface area contributed by atoms with Crippen LogP contribution in [0.3, 0.4) is 0 Å². The molecule has 0 saturated carbocycles. The molecule has 1 atom stereocenters. The van der Waals surface area contributed by atoms with E-state index in [1.54, 1.807) is 0 Å². The third-order valence-electron chi connectivity index (χ3n) is 2.40. The molecule has 0 heterocycles. The average molecular weight is 250 g/mol. The zero-order valence-corrected chi connectivity index (χ0v) is 11.1. The van der Waals surface area contributed by atoms with Gasteiger partial charge in [-0.05, 0) is 17.9 Å². The summed E-state index contributed by atoms with van der Waals surface area (Å²) < 4.78 is 5.00. The molecule has 0 fully saturated rings. The highest BCUT2D eigenvalue weighted by molar-refractivity contribution is 5.67. The van der Waals surface area contributed by atoms with Crippen molar-refractivity contribution in [3.05, 3.63) is 35.9 Å². The molecular weight excluding hydrogens is 228 g/mol. The zero-order chi connectivity index (χ0) is 13.4. The van der Waals surface area contributed by atoms with Gasteiger partial charge in [0.2, 0.25) is 0 Å². The van der Waals surface area contributed by atoms with Crippen molar-refractivity contribution < 1.29 is 9.53 Å². The topological polar surface area (TPSA) is 64.3 Å². The van der Waals surface area contributed by atoms with Gasteiger partial charge in [-0.2, -0.15) is 0 Å². The molecule has 0 spiro atoms. The van der Waals surface area contributed by atoms with Crippen LogP contribution in [-0.4, -0.2) is 25.3 Å². The Morgan fingerprint density at radius 1 is 1.33 bits per heavy atom. The molecule has 0 aliphatic carbocycles. The SMILES string of the molecule is CC(C)COC(=O)NCC(N)Cc1ccccc1. The van der Waals surface area contributed by atoms with Crippen LogP contribution in [0.15, 0.2) is 30.3 Å². The van der Waals surface area contributed by atoms with Crippen molar-refractivity contribution in [3.8, 4) is 0 Å². The molecule has 4 heteroatoms. The number of hydrogen-bond donors (Lipinski definition) is 2.